The van der Waals surface area contributed by atoms with Crippen molar-refractivity contribution in [1.29, 1.82) is 0 Å². The Morgan fingerprint density at radius 2 is 1.77 bits per heavy atom. The number of carbonyl (C=O) groups is 2. The molecule has 4 fully saturated rings. The van der Waals surface area contributed by atoms with Gasteiger partial charge in [-0.25, -0.2) is 0 Å². The molecule has 0 aliphatic carbocycles. The first kappa shape index (κ1) is 33.7. The van der Waals surface area contributed by atoms with Crippen molar-refractivity contribution in [3.05, 3.63) is 22.7 Å². The van der Waals surface area contributed by atoms with Gasteiger partial charge in [0.25, 0.3) is 5.91 Å². The summed E-state index contributed by atoms with van der Waals surface area (Å²) in [4.78, 5) is 30.0. The van der Waals surface area contributed by atoms with Crippen LogP contribution in [0.5, 0.6) is 5.75 Å². The van der Waals surface area contributed by atoms with E-state index in [-0.39, 0.29) is 54.9 Å². The van der Waals surface area contributed by atoms with Crippen LogP contribution in [0.3, 0.4) is 0 Å². The van der Waals surface area contributed by atoms with Gasteiger partial charge in [-0.3, -0.25) is 14.5 Å². The minimum atomic E-state index is -0.260. The zero-order valence-corrected chi connectivity index (χ0v) is 25.3. The van der Waals surface area contributed by atoms with Crippen LogP contribution >= 0.6 is 36.4 Å². The highest BCUT2D eigenvalue weighted by Gasteiger charge is 2.36. The van der Waals surface area contributed by atoms with E-state index in [1.165, 1.54) is 13.2 Å². The Morgan fingerprint density at radius 3 is 2.41 bits per heavy atom. The summed E-state index contributed by atoms with van der Waals surface area (Å²) < 4.78 is 16.8. The van der Waals surface area contributed by atoms with Crippen LogP contribution in [-0.2, 0) is 14.3 Å². The van der Waals surface area contributed by atoms with E-state index in [4.69, 9.17) is 31.5 Å². The van der Waals surface area contributed by atoms with Crippen molar-refractivity contribution in [3.8, 4) is 5.75 Å². The molecule has 5 rings (SSSR count). The van der Waals surface area contributed by atoms with E-state index in [1.54, 1.807) is 13.2 Å². The number of nitrogens with one attached hydrogen (secondary N) is 1. The molecular weight excluding hydrogens is 567 g/mol. The third-order valence-corrected chi connectivity index (χ3v) is 8.39. The molecule has 222 valence electrons. The molecule has 9 nitrogen and oxygen atoms in total. The number of halogens is 3. The summed E-state index contributed by atoms with van der Waals surface area (Å²) >= 11 is 6.13. The summed E-state index contributed by atoms with van der Waals surface area (Å²) in [6.07, 6.45) is 6.42. The Bertz CT molecular complexity index is 948. The predicted octanol–water partition coefficient (Wildman–Crippen LogP) is 3.79. The molecule has 0 saturated carbocycles. The molecular formula is C27H43Cl3N4O5. The first-order chi connectivity index (χ1) is 17.9. The highest BCUT2D eigenvalue weighted by molar-refractivity contribution is 6.33. The number of esters is 1. The maximum absolute atomic E-state index is 13.0. The molecule has 12 heteroatoms. The number of ether oxygens (including phenoxy) is 3. The average Bonchev–Trinajstić information content (AvgIpc) is 2.91. The molecule has 3 atom stereocenters. The van der Waals surface area contributed by atoms with E-state index >= 15 is 0 Å². The van der Waals surface area contributed by atoms with Gasteiger partial charge in [0.15, 0.2) is 0 Å². The van der Waals surface area contributed by atoms with E-state index in [0.29, 0.717) is 34.4 Å². The molecule has 2 bridgehead atoms. The third kappa shape index (κ3) is 9.00. The zero-order chi connectivity index (χ0) is 26.4. The fraction of sp³-hybridized carbons (Fsp3) is 0.704. The smallest absolute Gasteiger partial charge is 0.306 e. The lowest BCUT2D eigenvalue weighted by Gasteiger charge is -2.43. The first-order valence-electron chi connectivity index (χ1n) is 13.5. The Labute approximate surface area is 249 Å². The number of piperidine rings is 4. The molecule has 1 amide bonds. The van der Waals surface area contributed by atoms with Crippen molar-refractivity contribution in [2.45, 2.75) is 63.2 Å². The highest BCUT2D eigenvalue weighted by atomic mass is 35.5. The van der Waals surface area contributed by atoms with Crippen LogP contribution in [0.1, 0.15) is 55.3 Å². The van der Waals surface area contributed by atoms with Crippen molar-refractivity contribution in [3.63, 3.8) is 0 Å². The lowest BCUT2D eigenvalue weighted by Crippen LogP contribution is -2.54. The zero-order valence-electron chi connectivity index (χ0n) is 22.9. The fourth-order valence-corrected chi connectivity index (χ4v) is 5.97. The van der Waals surface area contributed by atoms with Gasteiger partial charge in [0.2, 0.25) is 0 Å². The first-order valence-corrected chi connectivity index (χ1v) is 13.9. The monoisotopic (exact) mass is 608 g/mol. The van der Waals surface area contributed by atoms with Crippen LogP contribution in [0.2, 0.25) is 5.02 Å². The van der Waals surface area contributed by atoms with Gasteiger partial charge in [-0.05, 0) is 63.7 Å². The van der Waals surface area contributed by atoms with Crippen molar-refractivity contribution in [2.75, 3.05) is 59.2 Å². The van der Waals surface area contributed by atoms with Gasteiger partial charge in [0, 0.05) is 39.2 Å². The highest BCUT2D eigenvalue weighted by Crippen LogP contribution is 2.30. The molecule has 4 aliphatic rings. The largest absolute Gasteiger partial charge is 0.496 e. The lowest BCUT2D eigenvalue weighted by atomic mass is 9.86. The van der Waals surface area contributed by atoms with E-state index in [0.717, 1.165) is 77.8 Å². The van der Waals surface area contributed by atoms with Crippen LogP contribution < -0.4 is 15.8 Å². The predicted molar refractivity (Wildman–Crippen MR) is 158 cm³/mol. The summed E-state index contributed by atoms with van der Waals surface area (Å²) in [5.74, 6) is 0.637. The Hall–Kier alpha value is -1.49. The summed E-state index contributed by atoms with van der Waals surface area (Å²) in [6.45, 7) is 5.76. The van der Waals surface area contributed by atoms with Crippen LogP contribution in [0.4, 0.5) is 5.69 Å². The number of nitrogen functional groups attached to an aromatic ring is 1. The summed E-state index contributed by atoms with van der Waals surface area (Å²) in [6, 6.07) is 2.98. The van der Waals surface area contributed by atoms with Crippen LogP contribution in [0, 0.1) is 5.92 Å². The molecule has 39 heavy (non-hydrogen) atoms. The van der Waals surface area contributed by atoms with Crippen molar-refractivity contribution >= 4 is 54.0 Å². The number of anilines is 1. The van der Waals surface area contributed by atoms with Crippen molar-refractivity contribution < 1.29 is 23.8 Å². The van der Waals surface area contributed by atoms with Crippen molar-refractivity contribution in [1.82, 2.24) is 15.1 Å². The molecule has 0 radical (unpaired) electrons. The number of hydrogen-bond acceptors (Lipinski definition) is 8. The summed E-state index contributed by atoms with van der Waals surface area (Å²) in [7, 11) is 3.17. The van der Waals surface area contributed by atoms with Crippen LogP contribution in [0.25, 0.3) is 0 Å². The number of benzene rings is 1. The van der Waals surface area contributed by atoms with Gasteiger partial charge in [-0.1, -0.05) is 18.0 Å². The van der Waals surface area contributed by atoms with E-state index in [9.17, 15) is 9.59 Å². The number of amides is 1. The van der Waals surface area contributed by atoms with Crippen LogP contribution in [-0.4, -0.2) is 93.4 Å². The molecule has 0 spiro atoms. The SMILES string of the molecule is COc1cc(N)c(Cl)cc1C(=O)N[C@@H]1CCN(CCCCCC(=O)OC2CN3CCC2CC3)C[C@@H]1OC.Cl.Cl. The third-order valence-electron chi connectivity index (χ3n) is 8.06. The maximum atomic E-state index is 13.0. The van der Waals surface area contributed by atoms with Gasteiger partial charge in [0.1, 0.15) is 11.9 Å². The van der Waals surface area contributed by atoms with Gasteiger partial charge in [-0.15, -0.1) is 24.8 Å². The lowest BCUT2D eigenvalue weighted by molar-refractivity contribution is -0.158. The van der Waals surface area contributed by atoms with Crippen molar-refractivity contribution in [2.24, 2.45) is 5.92 Å². The maximum Gasteiger partial charge on any atom is 0.306 e. The molecule has 4 heterocycles. The quantitative estimate of drug-likeness (QED) is 0.222. The van der Waals surface area contributed by atoms with Crippen LogP contribution in [0.15, 0.2) is 12.1 Å². The normalized spacial score (nSPS) is 26.2. The minimum Gasteiger partial charge on any atom is -0.496 e. The number of unbranched alkanes of at least 4 members (excludes halogenated alkanes) is 2. The molecule has 4 aliphatic heterocycles. The average molecular weight is 610 g/mol. The molecule has 1 unspecified atom stereocenters. The Morgan fingerprint density at radius 1 is 1.03 bits per heavy atom. The second-order valence-corrected chi connectivity index (χ2v) is 10.9. The summed E-state index contributed by atoms with van der Waals surface area (Å²) in [5.41, 5.74) is 6.56. The molecule has 0 aromatic heterocycles. The topological polar surface area (TPSA) is 106 Å². The number of fused-ring (bicyclic) bond motifs is 3. The second-order valence-electron chi connectivity index (χ2n) is 10.5. The number of rotatable bonds is 11. The standard InChI is InChI=1S/C27H41ClN4O5.2ClH/c1-35-23-15-21(29)20(28)14-19(23)27(34)30-22-9-13-31(17-25(22)36-2)10-5-3-4-6-26(33)37-24-16-32-11-7-18(24)8-12-32;;/h14-15,18,22,24-25H,3-13,16-17,29H2,1-2H3,(H,30,34);2*1H/t22-,24?,25+;;/m1../s1. The van der Waals surface area contributed by atoms with Gasteiger partial charge in [-0.2, -0.15) is 0 Å². The second kappa shape index (κ2) is 16.1. The van der Waals surface area contributed by atoms with E-state index in [2.05, 4.69) is 15.1 Å². The molecule has 1 aromatic carbocycles. The number of methoxy groups -OCH3 is 2. The Kier molecular flexibility index (Phi) is 13.9. The van der Waals surface area contributed by atoms with Gasteiger partial charge >= 0.3 is 5.97 Å². The van der Waals surface area contributed by atoms with E-state index in [1.807, 2.05) is 0 Å². The van der Waals surface area contributed by atoms with Gasteiger partial charge < -0.3 is 30.2 Å². The summed E-state index contributed by atoms with van der Waals surface area (Å²) in [5, 5.41) is 3.40. The minimum absolute atomic E-state index is 0. The number of likely N-dealkylation sites (tertiary alicyclic amines) is 1. The number of carbonyl (C=O) groups excluding carboxylic acids is 2. The molecule has 4 saturated heterocycles. The number of hydrogen-bond donors (Lipinski definition) is 2. The Balaban J connectivity index is 0.00000267. The molecule has 1 aromatic rings. The number of nitrogens with zero attached hydrogens (tertiary/aromatic N) is 2. The number of nitrogens with two attached hydrogens (primary N) is 1. The van der Waals surface area contributed by atoms with Gasteiger partial charge in [0.05, 0.1) is 35.5 Å². The fourth-order valence-electron chi connectivity index (χ4n) is 5.80. The molecule has 3 N–H and O–H groups in total. The van der Waals surface area contributed by atoms with E-state index < -0.39 is 0 Å².